The number of phenols is 2. The molecule has 9 N–H and O–H groups in total. The van der Waals surface area contributed by atoms with Gasteiger partial charge in [0.05, 0.1) is 18.9 Å². The number of pyridine rings is 1. The summed E-state index contributed by atoms with van der Waals surface area (Å²) < 4.78 is 31.6. The zero-order valence-corrected chi connectivity index (χ0v) is 20.8. The second kappa shape index (κ2) is 14.0. The number of fused-ring (bicyclic) bond motifs is 4. The lowest BCUT2D eigenvalue weighted by atomic mass is 10.0. The van der Waals surface area contributed by atoms with Gasteiger partial charge in [-0.2, -0.15) is 8.42 Å². The first-order valence-electron chi connectivity index (χ1n) is 11.0. The molecule has 12 heteroatoms. The molecule has 0 aliphatic rings. The van der Waals surface area contributed by atoms with Crippen molar-refractivity contribution >= 4 is 48.5 Å². The quantitative estimate of drug-likeness (QED) is 0.0699. The van der Waals surface area contributed by atoms with Crippen LogP contribution in [0.15, 0.2) is 85.1 Å². The van der Waals surface area contributed by atoms with Gasteiger partial charge in [-0.15, -0.1) is 0 Å². The first-order valence-corrected chi connectivity index (χ1v) is 12.4. The molecular formula is C26H28N2O9S. The van der Waals surface area contributed by atoms with Crippen molar-refractivity contribution in [2.75, 3.05) is 18.9 Å². The summed E-state index contributed by atoms with van der Waals surface area (Å²) in [6.07, 6.45) is 0.738. The summed E-state index contributed by atoms with van der Waals surface area (Å²) >= 11 is 0. The van der Waals surface area contributed by atoms with E-state index in [4.69, 9.17) is 38.6 Å². The summed E-state index contributed by atoms with van der Waals surface area (Å²) in [5.74, 6) is 0.387. The molecule has 0 bridgehead atoms. The Hall–Kier alpha value is -4.04. The molecule has 1 aromatic heterocycles. The minimum Gasteiger partial charge on any atom is -0.506 e. The van der Waals surface area contributed by atoms with Crippen molar-refractivity contribution in [3.05, 3.63) is 85.1 Å². The highest BCUT2D eigenvalue weighted by molar-refractivity contribution is 7.79. The first kappa shape index (κ1) is 30.2. The standard InChI is InChI=1S/C13H9NO.C10H9NO.C3H8O3.H2O4S/c15-12-8-9-4-1-2-5-10(9)11-6-3-7-14-13(11)12;11-9-5-7-3-1-2-4-8(7)6-10(9)12;4-1-3(6)2-5;1-5(2,3)4/h1-8,15H;1-6,12H,11H2;3-6H,1-2H2;(H2,1,2,3,4). The number of hydrogen-bond acceptors (Lipinski definition) is 9. The van der Waals surface area contributed by atoms with Gasteiger partial charge in [0.2, 0.25) is 0 Å². The molecule has 0 spiro atoms. The fourth-order valence-corrected chi connectivity index (χ4v) is 3.21. The van der Waals surface area contributed by atoms with Gasteiger partial charge in [0, 0.05) is 11.6 Å². The number of nitrogens with zero attached hydrogens (tertiary/aromatic N) is 1. The maximum Gasteiger partial charge on any atom is 0.394 e. The van der Waals surface area contributed by atoms with Gasteiger partial charge >= 0.3 is 10.4 Å². The third-order valence-corrected chi connectivity index (χ3v) is 4.91. The summed E-state index contributed by atoms with van der Waals surface area (Å²) in [5, 5.41) is 48.3. The van der Waals surface area contributed by atoms with E-state index in [9.17, 15) is 10.2 Å². The van der Waals surface area contributed by atoms with Crippen LogP contribution in [0.5, 0.6) is 11.5 Å². The van der Waals surface area contributed by atoms with Gasteiger partial charge in [-0.25, -0.2) is 0 Å². The summed E-state index contributed by atoms with van der Waals surface area (Å²) in [5.41, 5.74) is 6.62. The predicted octanol–water partition coefficient (Wildman–Crippen LogP) is 2.90. The number of aliphatic hydroxyl groups excluding tert-OH is 3. The first-order chi connectivity index (χ1) is 17.9. The molecular weight excluding hydrogens is 516 g/mol. The van der Waals surface area contributed by atoms with E-state index in [1.165, 1.54) is 0 Å². The normalized spacial score (nSPS) is 10.7. The van der Waals surface area contributed by atoms with Crippen LogP contribution in [0, 0.1) is 0 Å². The van der Waals surface area contributed by atoms with Crippen LogP contribution in [0.25, 0.3) is 32.4 Å². The van der Waals surface area contributed by atoms with Crippen LogP contribution in [0.2, 0.25) is 0 Å². The molecule has 0 atom stereocenters. The van der Waals surface area contributed by atoms with Crippen LogP contribution in [0.3, 0.4) is 0 Å². The van der Waals surface area contributed by atoms with Crippen LogP contribution >= 0.6 is 0 Å². The molecule has 0 saturated carbocycles. The van der Waals surface area contributed by atoms with E-state index in [0.717, 1.165) is 26.9 Å². The van der Waals surface area contributed by atoms with Crippen molar-refractivity contribution in [1.82, 2.24) is 4.98 Å². The molecule has 1 heterocycles. The van der Waals surface area contributed by atoms with Crippen LogP contribution in [0.1, 0.15) is 0 Å². The van der Waals surface area contributed by atoms with E-state index in [0.29, 0.717) is 11.2 Å². The molecule has 202 valence electrons. The predicted molar refractivity (Wildman–Crippen MR) is 145 cm³/mol. The molecule has 0 radical (unpaired) electrons. The monoisotopic (exact) mass is 544 g/mol. The number of benzene rings is 4. The average molecular weight is 545 g/mol. The lowest BCUT2D eigenvalue weighted by molar-refractivity contribution is 0.0450. The molecule has 38 heavy (non-hydrogen) atoms. The van der Waals surface area contributed by atoms with Crippen molar-refractivity contribution in [1.29, 1.82) is 0 Å². The molecule has 0 amide bonds. The number of anilines is 1. The second-order valence-electron chi connectivity index (χ2n) is 7.74. The molecule has 0 fully saturated rings. The SMILES string of the molecule is Nc1cc2ccccc2cc1O.O=S(=O)(O)O.OCC(O)CO.Oc1cc2ccccc2c2cccnc12. The number of aliphatic hydroxyl groups is 3. The highest BCUT2D eigenvalue weighted by Crippen LogP contribution is 2.30. The van der Waals surface area contributed by atoms with Gasteiger partial charge < -0.3 is 31.3 Å². The Balaban J connectivity index is 0.000000197. The number of aromatic nitrogens is 1. The number of phenolic OH excluding ortho intramolecular Hbond substituents is 2. The maximum atomic E-state index is 9.81. The van der Waals surface area contributed by atoms with Gasteiger partial charge in [0.1, 0.15) is 23.1 Å². The smallest absolute Gasteiger partial charge is 0.394 e. The van der Waals surface area contributed by atoms with E-state index in [2.05, 4.69) is 4.98 Å². The third kappa shape index (κ3) is 9.44. The minimum absolute atomic E-state index is 0.147. The lowest BCUT2D eigenvalue weighted by Crippen LogP contribution is -2.15. The maximum absolute atomic E-state index is 9.81. The Morgan fingerprint density at radius 2 is 1.21 bits per heavy atom. The fourth-order valence-electron chi connectivity index (χ4n) is 3.21. The van der Waals surface area contributed by atoms with E-state index in [-0.39, 0.29) is 24.7 Å². The van der Waals surface area contributed by atoms with Gasteiger partial charge in [-0.1, -0.05) is 54.6 Å². The molecule has 4 aromatic carbocycles. The minimum atomic E-state index is -4.67. The van der Waals surface area contributed by atoms with Crippen molar-refractivity contribution in [2.24, 2.45) is 0 Å². The number of aromatic hydroxyl groups is 2. The second-order valence-corrected chi connectivity index (χ2v) is 8.64. The van der Waals surface area contributed by atoms with E-state index < -0.39 is 16.5 Å². The van der Waals surface area contributed by atoms with E-state index in [1.54, 1.807) is 24.4 Å². The molecule has 11 nitrogen and oxygen atoms in total. The summed E-state index contributed by atoms with van der Waals surface area (Å²) in [6.45, 7) is -0.729. The summed E-state index contributed by atoms with van der Waals surface area (Å²) in [6, 6.07) is 24.8. The Morgan fingerprint density at radius 3 is 1.76 bits per heavy atom. The Kier molecular flexibility index (Phi) is 11.2. The molecule has 0 aliphatic carbocycles. The van der Waals surface area contributed by atoms with Crippen LogP contribution in [-0.2, 0) is 10.4 Å². The van der Waals surface area contributed by atoms with Crippen molar-refractivity contribution in [2.45, 2.75) is 6.10 Å². The largest absolute Gasteiger partial charge is 0.506 e. The molecule has 0 unspecified atom stereocenters. The number of nitrogen functional groups attached to an aromatic ring is 1. The molecule has 0 aliphatic heterocycles. The molecule has 5 rings (SSSR count). The topological polar surface area (TPSA) is 215 Å². The number of nitrogens with two attached hydrogens (primary N) is 1. The summed E-state index contributed by atoms with van der Waals surface area (Å²) in [7, 11) is -4.67. The van der Waals surface area contributed by atoms with Crippen molar-refractivity contribution in [3.63, 3.8) is 0 Å². The highest BCUT2D eigenvalue weighted by Gasteiger charge is 2.05. The number of rotatable bonds is 2. The van der Waals surface area contributed by atoms with Gasteiger partial charge in [0.25, 0.3) is 0 Å². The van der Waals surface area contributed by atoms with E-state index in [1.807, 2.05) is 60.7 Å². The average Bonchev–Trinajstić information content (AvgIpc) is 2.89. The van der Waals surface area contributed by atoms with Crippen molar-refractivity contribution < 1.29 is 43.1 Å². The van der Waals surface area contributed by atoms with Crippen LogP contribution in [-0.4, -0.2) is 67.4 Å². The van der Waals surface area contributed by atoms with Gasteiger partial charge in [0.15, 0.2) is 0 Å². The lowest BCUT2D eigenvalue weighted by Gasteiger charge is -2.04. The Bertz CT molecular complexity index is 1540. The van der Waals surface area contributed by atoms with Gasteiger partial charge in [-0.05, 0) is 45.8 Å². The fraction of sp³-hybridized carbons (Fsp3) is 0.115. The zero-order valence-electron chi connectivity index (χ0n) is 20.0. The molecule has 0 saturated heterocycles. The zero-order chi connectivity index (χ0) is 28.3. The highest BCUT2D eigenvalue weighted by atomic mass is 32.3. The summed E-state index contributed by atoms with van der Waals surface area (Å²) in [4.78, 5) is 4.18. The van der Waals surface area contributed by atoms with E-state index >= 15 is 0 Å². The third-order valence-electron chi connectivity index (χ3n) is 4.91. The van der Waals surface area contributed by atoms with Crippen LogP contribution < -0.4 is 5.73 Å². The van der Waals surface area contributed by atoms with Crippen molar-refractivity contribution in [3.8, 4) is 11.5 Å². The Morgan fingerprint density at radius 1 is 0.737 bits per heavy atom. The van der Waals surface area contributed by atoms with Crippen LogP contribution in [0.4, 0.5) is 5.69 Å². The van der Waals surface area contributed by atoms with Gasteiger partial charge in [-0.3, -0.25) is 14.1 Å². The molecule has 5 aromatic rings. The Labute approximate surface area is 218 Å². The number of hydrogen-bond donors (Lipinski definition) is 8.